The van der Waals surface area contributed by atoms with Gasteiger partial charge in [-0.3, -0.25) is 9.88 Å². The van der Waals surface area contributed by atoms with Gasteiger partial charge in [-0.1, -0.05) is 13.8 Å². The van der Waals surface area contributed by atoms with Crippen LogP contribution >= 0.6 is 0 Å². The standard InChI is InChI=1S/C22H32N8O3S/c1-13(2)25-22(31)33-17-6-5-15(9-17)18-11-20(28-27-18)26-21-19-10-16(12-34(23,32)14(3)4)29-30(19)8-7-24-21/h7-8,10-11,13-15,17,23H,5-6,9,12H2,1-4H3,(H,25,31)(H2,24,26,27,28). The van der Waals surface area contributed by atoms with Crippen LogP contribution in [0.1, 0.15) is 64.3 Å². The Morgan fingerprint density at radius 3 is 2.85 bits per heavy atom. The van der Waals surface area contributed by atoms with Crippen LogP contribution in [0.2, 0.25) is 0 Å². The second-order valence-corrected chi connectivity index (χ2v) is 12.0. The maximum absolute atomic E-state index is 12.5. The summed E-state index contributed by atoms with van der Waals surface area (Å²) in [5.74, 6) is 1.51. The van der Waals surface area contributed by atoms with Gasteiger partial charge in [-0.05, 0) is 39.2 Å². The van der Waals surface area contributed by atoms with Crippen molar-refractivity contribution in [2.45, 2.75) is 76.0 Å². The number of aromatic amines is 1. The molecule has 3 heterocycles. The number of alkyl carbamates (subject to hydrolysis) is 1. The summed E-state index contributed by atoms with van der Waals surface area (Å²) in [6, 6.07) is 3.79. The average Bonchev–Trinajstić information content (AvgIpc) is 3.46. The molecule has 4 N–H and O–H groups in total. The Kier molecular flexibility index (Phi) is 6.78. The molecule has 3 unspecified atom stereocenters. The number of carbonyl (C=O) groups excluding carboxylic acids is 1. The first-order valence-electron chi connectivity index (χ1n) is 11.5. The predicted molar refractivity (Wildman–Crippen MR) is 130 cm³/mol. The van der Waals surface area contributed by atoms with E-state index in [4.69, 9.17) is 9.52 Å². The number of nitrogens with one attached hydrogen (secondary N) is 4. The van der Waals surface area contributed by atoms with E-state index in [9.17, 15) is 9.00 Å². The number of anilines is 2. The minimum Gasteiger partial charge on any atom is -0.446 e. The number of rotatable bonds is 8. The van der Waals surface area contributed by atoms with Crippen LogP contribution in [0.5, 0.6) is 0 Å². The molecule has 1 fully saturated rings. The second-order valence-electron chi connectivity index (χ2n) is 9.33. The molecule has 1 aliphatic carbocycles. The van der Waals surface area contributed by atoms with Gasteiger partial charge in [0.05, 0.1) is 21.2 Å². The van der Waals surface area contributed by atoms with Gasteiger partial charge in [0.15, 0.2) is 11.6 Å². The summed E-state index contributed by atoms with van der Waals surface area (Å²) < 4.78 is 27.8. The molecule has 12 heteroatoms. The summed E-state index contributed by atoms with van der Waals surface area (Å²) in [6.45, 7) is 7.37. The summed E-state index contributed by atoms with van der Waals surface area (Å²) >= 11 is 0. The van der Waals surface area contributed by atoms with E-state index in [1.807, 2.05) is 19.9 Å². The Morgan fingerprint density at radius 2 is 2.12 bits per heavy atom. The number of hydrogen-bond donors (Lipinski definition) is 4. The third kappa shape index (κ3) is 5.49. The molecule has 1 saturated carbocycles. The summed E-state index contributed by atoms with van der Waals surface area (Å²) in [5.41, 5.74) is 2.28. The van der Waals surface area contributed by atoms with Crippen LogP contribution < -0.4 is 10.6 Å². The van der Waals surface area contributed by atoms with Crippen LogP contribution in [0.25, 0.3) is 5.52 Å². The minimum atomic E-state index is -2.76. The minimum absolute atomic E-state index is 0.0437. The lowest BCUT2D eigenvalue weighted by atomic mass is 10.0. The van der Waals surface area contributed by atoms with Crippen LogP contribution in [-0.4, -0.2) is 52.5 Å². The summed E-state index contributed by atoms with van der Waals surface area (Å²) in [4.78, 5) is 16.3. The van der Waals surface area contributed by atoms with Crippen LogP contribution in [-0.2, 0) is 20.2 Å². The molecular weight excluding hydrogens is 456 g/mol. The Balaban J connectivity index is 1.43. The first kappa shape index (κ1) is 24.0. The molecule has 0 saturated heterocycles. The fourth-order valence-corrected chi connectivity index (χ4v) is 4.92. The highest BCUT2D eigenvalue weighted by Crippen LogP contribution is 2.36. The molecule has 3 aromatic heterocycles. The van der Waals surface area contributed by atoms with Crippen LogP contribution in [0, 0.1) is 4.78 Å². The maximum Gasteiger partial charge on any atom is 0.407 e. The Labute approximate surface area is 199 Å². The average molecular weight is 489 g/mol. The maximum atomic E-state index is 12.5. The van der Waals surface area contributed by atoms with E-state index in [-0.39, 0.29) is 35.2 Å². The van der Waals surface area contributed by atoms with Crippen LogP contribution in [0.3, 0.4) is 0 Å². The molecule has 0 aliphatic heterocycles. The van der Waals surface area contributed by atoms with Gasteiger partial charge < -0.3 is 15.4 Å². The fraction of sp³-hybridized carbons (Fsp3) is 0.545. The molecule has 3 aromatic rings. The van der Waals surface area contributed by atoms with Gasteiger partial charge in [-0.25, -0.2) is 18.5 Å². The molecule has 1 aliphatic rings. The summed E-state index contributed by atoms with van der Waals surface area (Å²) in [5, 5.41) is 17.7. The normalized spacial score (nSPS) is 20.1. The number of carbonyl (C=O) groups is 1. The molecule has 184 valence electrons. The Bertz CT molecular complexity index is 1260. The van der Waals surface area contributed by atoms with Gasteiger partial charge in [-0.15, -0.1) is 0 Å². The lowest BCUT2D eigenvalue weighted by molar-refractivity contribution is 0.0981. The topological polar surface area (TPSA) is 150 Å². The van der Waals surface area contributed by atoms with Gasteiger partial charge in [0.2, 0.25) is 0 Å². The molecular formula is C22H32N8O3S. The van der Waals surface area contributed by atoms with Gasteiger partial charge in [0.1, 0.15) is 11.6 Å². The number of fused-ring (bicyclic) bond motifs is 1. The van der Waals surface area contributed by atoms with E-state index in [2.05, 4.69) is 30.9 Å². The molecule has 0 radical (unpaired) electrons. The number of amides is 1. The molecule has 0 bridgehead atoms. The summed E-state index contributed by atoms with van der Waals surface area (Å²) in [6.07, 6.45) is 5.32. The predicted octanol–water partition coefficient (Wildman–Crippen LogP) is 3.92. The number of ether oxygens (including phenoxy) is 1. The third-order valence-electron chi connectivity index (χ3n) is 5.91. The van der Waals surface area contributed by atoms with Crippen molar-refractivity contribution >= 4 is 33.0 Å². The van der Waals surface area contributed by atoms with Crippen molar-refractivity contribution in [1.82, 2.24) is 30.1 Å². The highest BCUT2D eigenvalue weighted by Gasteiger charge is 2.30. The molecule has 11 nitrogen and oxygen atoms in total. The van der Waals surface area contributed by atoms with E-state index < -0.39 is 9.73 Å². The lowest BCUT2D eigenvalue weighted by Gasteiger charge is -2.14. The third-order valence-corrected chi connectivity index (χ3v) is 8.16. The molecule has 4 rings (SSSR count). The number of aromatic nitrogens is 5. The van der Waals surface area contributed by atoms with Crippen LogP contribution in [0.4, 0.5) is 16.4 Å². The zero-order valence-electron chi connectivity index (χ0n) is 19.9. The van der Waals surface area contributed by atoms with Crippen molar-refractivity contribution in [2.24, 2.45) is 0 Å². The zero-order valence-corrected chi connectivity index (χ0v) is 20.7. The van der Waals surface area contributed by atoms with E-state index in [1.54, 1.807) is 36.8 Å². The largest absolute Gasteiger partial charge is 0.446 e. The van der Waals surface area contributed by atoms with Crippen molar-refractivity contribution in [2.75, 3.05) is 5.32 Å². The number of nitrogens with zero attached hydrogens (tertiary/aromatic N) is 4. The van der Waals surface area contributed by atoms with Crippen molar-refractivity contribution < 1.29 is 13.7 Å². The Morgan fingerprint density at radius 1 is 1.32 bits per heavy atom. The first-order valence-corrected chi connectivity index (χ1v) is 13.3. The van der Waals surface area contributed by atoms with E-state index >= 15 is 0 Å². The number of H-pyrrole nitrogens is 1. The van der Waals surface area contributed by atoms with E-state index in [0.29, 0.717) is 22.8 Å². The highest BCUT2D eigenvalue weighted by atomic mass is 32.2. The van der Waals surface area contributed by atoms with Crippen molar-refractivity contribution in [3.8, 4) is 0 Å². The quantitative estimate of drug-likeness (QED) is 0.375. The van der Waals surface area contributed by atoms with Gasteiger partial charge in [0, 0.05) is 41.4 Å². The lowest BCUT2D eigenvalue weighted by Crippen LogP contribution is -2.33. The van der Waals surface area contributed by atoms with Gasteiger partial charge in [-0.2, -0.15) is 10.2 Å². The highest BCUT2D eigenvalue weighted by molar-refractivity contribution is 7.92. The van der Waals surface area contributed by atoms with Crippen molar-refractivity contribution in [3.05, 3.63) is 35.9 Å². The zero-order chi connectivity index (χ0) is 24.5. The van der Waals surface area contributed by atoms with Crippen molar-refractivity contribution in [3.63, 3.8) is 0 Å². The van der Waals surface area contributed by atoms with E-state index in [1.165, 1.54) is 0 Å². The van der Waals surface area contributed by atoms with Crippen LogP contribution in [0.15, 0.2) is 24.5 Å². The molecule has 1 amide bonds. The van der Waals surface area contributed by atoms with Gasteiger partial charge >= 0.3 is 6.09 Å². The monoisotopic (exact) mass is 488 g/mol. The van der Waals surface area contributed by atoms with Gasteiger partial charge in [0.25, 0.3) is 0 Å². The SMILES string of the molecule is CC(C)NC(=O)OC1CCC(c2cc(Nc3nccn4nc(CS(=N)(=O)C(C)C)cc34)n[nH]2)C1. The van der Waals surface area contributed by atoms with E-state index in [0.717, 1.165) is 25.0 Å². The fourth-order valence-electron chi connectivity index (χ4n) is 4.01. The molecule has 34 heavy (non-hydrogen) atoms. The molecule has 3 atom stereocenters. The molecule has 0 aromatic carbocycles. The smallest absolute Gasteiger partial charge is 0.407 e. The summed E-state index contributed by atoms with van der Waals surface area (Å²) in [7, 11) is -2.76. The van der Waals surface area contributed by atoms with Crippen molar-refractivity contribution in [1.29, 1.82) is 4.78 Å². The first-order chi connectivity index (χ1) is 16.1. The Hall–Kier alpha value is -3.15. The number of hydrogen-bond acceptors (Lipinski definition) is 8. The second kappa shape index (κ2) is 9.61. The molecule has 0 spiro atoms.